The molecule has 2 atom stereocenters. The quantitative estimate of drug-likeness (QED) is 0.674. The van der Waals surface area contributed by atoms with E-state index >= 15 is 0 Å². The van der Waals surface area contributed by atoms with Crippen LogP contribution in [-0.4, -0.2) is 42.3 Å². The first kappa shape index (κ1) is 13.0. The number of nitrogens with zero attached hydrogens (tertiary/aromatic N) is 1. The van der Waals surface area contributed by atoms with Gasteiger partial charge in [0.2, 0.25) is 0 Å². The van der Waals surface area contributed by atoms with Crippen LogP contribution in [0, 0.1) is 0 Å². The van der Waals surface area contributed by atoms with Crippen molar-refractivity contribution >= 4 is 12.4 Å². The molecule has 0 saturated carbocycles. The number of amides is 1. The van der Waals surface area contributed by atoms with Crippen molar-refractivity contribution in [2.45, 2.75) is 51.5 Å². The lowest BCUT2D eigenvalue weighted by atomic mass is 10.2. The van der Waals surface area contributed by atoms with Gasteiger partial charge >= 0.3 is 6.09 Å². The maximum absolute atomic E-state index is 11.9. The average molecular weight is 229 g/mol. The first-order valence-electron chi connectivity index (χ1n) is 5.38. The molecule has 0 aromatic carbocycles. The maximum atomic E-state index is 11.9. The molecular formula is C11H19NO4. The van der Waals surface area contributed by atoms with E-state index in [1.807, 2.05) is 0 Å². The lowest BCUT2D eigenvalue weighted by Gasteiger charge is -2.29. The third-order valence-corrected chi connectivity index (χ3v) is 2.41. The van der Waals surface area contributed by atoms with Crippen molar-refractivity contribution in [3.8, 4) is 0 Å². The number of rotatable bonds is 2. The molecule has 1 rings (SSSR count). The molecule has 1 unspecified atom stereocenters. The molecule has 0 aliphatic carbocycles. The summed E-state index contributed by atoms with van der Waals surface area (Å²) in [6, 6.07) is -0.431. The van der Waals surface area contributed by atoms with Crippen molar-refractivity contribution in [2.75, 3.05) is 7.11 Å². The normalized spacial score (nSPS) is 25.6. The predicted octanol–water partition coefficient (Wildman–Crippen LogP) is 1.56. The lowest BCUT2D eigenvalue weighted by molar-refractivity contribution is -0.114. The van der Waals surface area contributed by atoms with Crippen molar-refractivity contribution < 1.29 is 19.1 Å². The fraction of sp³-hybridized carbons (Fsp3) is 0.818. The van der Waals surface area contributed by atoms with E-state index < -0.39 is 17.7 Å². The molecule has 1 saturated heterocycles. The van der Waals surface area contributed by atoms with Crippen LogP contribution in [0.5, 0.6) is 0 Å². The van der Waals surface area contributed by atoms with E-state index in [1.165, 1.54) is 12.0 Å². The molecule has 0 bridgehead atoms. The summed E-state index contributed by atoms with van der Waals surface area (Å²) >= 11 is 0. The monoisotopic (exact) mass is 229 g/mol. The number of hydrogen-bond acceptors (Lipinski definition) is 4. The van der Waals surface area contributed by atoms with Gasteiger partial charge in [0, 0.05) is 7.11 Å². The second-order valence-corrected chi connectivity index (χ2v) is 4.86. The van der Waals surface area contributed by atoms with Crippen LogP contribution in [-0.2, 0) is 14.3 Å². The van der Waals surface area contributed by atoms with Gasteiger partial charge in [-0.1, -0.05) is 0 Å². The van der Waals surface area contributed by atoms with Crippen molar-refractivity contribution in [2.24, 2.45) is 0 Å². The zero-order valence-corrected chi connectivity index (χ0v) is 10.2. The smallest absolute Gasteiger partial charge is 0.412 e. The third-order valence-electron chi connectivity index (χ3n) is 2.41. The Hall–Kier alpha value is -1.10. The molecule has 5 nitrogen and oxygen atoms in total. The Morgan fingerprint density at radius 3 is 2.44 bits per heavy atom. The van der Waals surface area contributed by atoms with Crippen molar-refractivity contribution in [3.63, 3.8) is 0 Å². The minimum Gasteiger partial charge on any atom is -0.444 e. The molecule has 1 aliphatic rings. The molecule has 1 heterocycles. The summed E-state index contributed by atoms with van der Waals surface area (Å²) in [5.74, 6) is 0. The number of likely N-dealkylation sites (tertiary alicyclic amines) is 1. The zero-order chi connectivity index (χ0) is 12.3. The van der Waals surface area contributed by atoms with Gasteiger partial charge in [-0.3, -0.25) is 4.90 Å². The lowest BCUT2D eigenvalue weighted by Crippen LogP contribution is -2.45. The van der Waals surface area contributed by atoms with Gasteiger partial charge in [-0.25, -0.2) is 4.79 Å². The fourth-order valence-electron chi connectivity index (χ4n) is 1.74. The van der Waals surface area contributed by atoms with E-state index in [0.717, 1.165) is 6.29 Å². The number of aldehydes is 1. The highest BCUT2D eigenvalue weighted by Gasteiger charge is 2.39. The molecule has 1 amide bonds. The Kier molecular flexibility index (Phi) is 3.91. The molecule has 0 radical (unpaired) electrons. The van der Waals surface area contributed by atoms with Gasteiger partial charge in [0.25, 0.3) is 0 Å². The first-order valence-corrected chi connectivity index (χ1v) is 5.38. The molecule has 16 heavy (non-hydrogen) atoms. The Labute approximate surface area is 95.7 Å². The van der Waals surface area contributed by atoms with E-state index in [1.54, 1.807) is 20.8 Å². The Morgan fingerprint density at radius 1 is 1.38 bits per heavy atom. The SMILES string of the molecule is COC1CC[C@@H](C=O)N1C(=O)OC(C)(C)C. The summed E-state index contributed by atoms with van der Waals surface area (Å²) in [7, 11) is 1.52. The standard InChI is InChI=1S/C11H19NO4/c1-11(2,3)16-10(14)12-8(7-13)5-6-9(12)15-4/h7-9H,5-6H2,1-4H3/t8-,9?/m0/s1. The van der Waals surface area contributed by atoms with Crippen molar-refractivity contribution in [1.29, 1.82) is 0 Å². The van der Waals surface area contributed by atoms with Crippen LogP contribution in [0.15, 0.2) is 0 Å². The minimum absolute atomic E-state index is 0.356. The van der Waals surface area contributed by atoms with E-state index in [0.29, 0.717) is 12.8 Å². The summed E-state index contributed by atoms with van der Waals surface area (Å²) in [5, 5.41) is 0. The largest absolute Gasteiger partial charge is 0.444 e. The van der Waals surface area contributed by atoms with Crippen LogP contribution in [0.1, 0.15) is 33.6 Å². The van der Waals surface area contributed by atoms with E-state index in [-0.39, 0.29) is 6.23 Å². The van der Waals surface area contributed by atoms with Gasteiger partial charge < -0.3 is 14.3 Å². The van der Waals surface area contributed by atoms with Gasteiger partial charge in [0.05, 0.1) is 6.04 Å². The highest BCUT2D eigenvalue weighted by atomic mass is 16.6. The summed E-state index contributed by atoms with van der Waals surface area (Å²) in [5.41, 5.74) is -0.564. The van der Waals surface area contributed by atoms with Crippen molar-refractivity contribution in [3.05, 3.63) is 0 Å². The summed E-state index contributed by atoms with van der Waals surface area (Å²) in [6.07, 6.45) is 1.21. The number of methoxy groups -OCH3 is 1. The molecule has 0 spiro atoms. The first-order chi connectivity index (χ1) is 7.39. The van der Waals surface area contributed by atoms with Crippen LogP contribution in [0.25, 0.3) is 0 Å². The van der Waals surface area contributed by atoms with Crippen LogP contribution < -0.4 is 0 Å². The fourth-order valence-corrected chi connectivity index (χ4v) is 1.74. The second kappa shape index (κ2) is 4.82. The molecule has 0 aromatic rings. The van der Waals surface area contributed by atoms with Gasteiger partial charge in [0.15, 0.2) is 0 Å². The molecule has 0 N–H and O–H groups in total. The maximum Gasteiger partial charge on any atom is 0.412 e. The van der Waals surface area contributed by atoms with Gasteiger partial charge in [-0.15, -0.1) is 0 Å². The zero-order valence-electron chi connectivity index (χ0n) is 10.2. The number of carbonyl (C=O) groups is 2. The van der Waals surface area contributed by atoms with Crippen molar-refractivity contribution in [1.82, 2.24) is 4.90 Å². The van der Waals surface area contributed by atoms with Gasteiger partial charge in [-0.2, -0.15) is 0 Å². The Morgan fingerprint density at radius 2 is 2.00 bits per heavy atom. The Bertz CT molecular complexity index is 272. The summed E-state index contributed by atoms with van der Waals surface area (Å²) in [4.78, 5) is 24.1. The third kappa shape index (κ3) is 2.95. The summed E-state index contributed by atoms with van der Waals surface area (Å²) in [6.45, 7) is 5.37. The van der Waals surface area contributed by atoms with Gasteiger partial charge in [-0.05, 0) is 33.6 Å². The molecule has 1 fully saturated rings. The highest BCUT2D eigenvalue weighted by molar-refractivity contribution is 5.74. The minimum atomic E-state index is -0.564. The summed E-state index contributed by atoms with van der Waals surface area (Å²) < 4.78 is 10.4. The Balaban J connectivity index is 2.74. The second-order valence-electron chi connectivity index (χ2n) is 4.86. The number of hydrogen-bond donors (Lipinski definition) is 0. The van der Waals surface area contributed by atoms with Crippen LogP contribution in [0.4, 0.5) is 4.79 Å². The average Bonchev–Trinajstić information content (AvgIpc) is 2.57. The highest BCUT2D eigenvalue weighted by Crippen LogP contribution is 2.25. The van der Waals surface area contributed by atoms with E-state index in [4.69, 9.17) is 9.47 Å². The topological polar surface area (TPSA) is 55.8 Å². The molecule has 5 heteroatoms. The number of ether oxygens (including phenoxy) is 2. The molecule has 0 aromatic heterocycles. The van der Waals surface area contributed by atoms with Gasteiger partial charge in [0.1, 0.15) is 18.1 Å². The van der Waals surface area contributed by atoms with E-state index in [2.05, 4.69) is 0 Å². The number of carbonyl (C=O) groups excluding carboxylic acids is 2. The predicted molar refractivity (Wildman–Crippen MR) is 58.0 cm³/mol. The van der Waals surface area contributed by atoms with Crippen LogP contribution >= 0.6 is 0 Å². The van der Waals surface area contributed by atoms with Crippen LogP contribution in [0.2, 0.25) is 0 Å². The molecule has 1 aliphatic heterocycles. The van der Waals surface area contributed by atoms with Crippen LogP contribution in [0.3, 0.4) is 0 Å². The van der Waals surface area contributed by atoms with E-state index in [9.17, 15) is 9.59 Å². The molecular weight excluding hydrogens is 210 g/mol. The molecule has 92 valence electrons.